The Balaban J connectivity index is 1.58. The van der Waals surface area contributed by atoms with Crippen LogP contribution in [0.25, 0.3) is 0 Å². The maximum Gasteiger partial charge on any atom is 0.410 e. The summed E-state index contributed by atoms with van der Waals surface area (Å²) in [6.07, 6.45) is -0.241. The molecular weight excluding hydrogens is 396 g/mol. The summed E-state index contributed by atoms with van der Waals surface area (Å²) in [5.74, 6) is 0.589. The van der Waals surface area contributed by atoms with Gasteiger partial charge in [0.25, 0.3) is 0 Å². The number of carbonyl (C=O) groups excluding carboxylic acids is 2. The third-order valence-corrected chi connectivity index (χ3v) is 4.91. The Morgan fingerprint density at radius 1 is 0.968 bits per heavy atom. The van der Waals surface area contributed by atoms with Crippen molar-refractivity contribution in [2.24, 2.45) is 0 Å². The molecule has 0 spiro atoms. The maximum absolute atomic E-state index is 12.9. The molecule has 3 rings (SSSR count). The van der Waals surface area contributed by atoms with E-state index in [1.807, 2.05) is 51.1 Å². The average molecular weight is 427 g/mol. The van der Waals surface area contributed by atoms with Crippen LogP contribution in [0.3, 0.4) is 0 Å². The average Bonchev–Trinajstić information content (AvgIpc) is 2.73. The van der Waals surface area contributed by atoms with Crippen molar-refractivity contribution < 1.29 is 24.2 Å². The highest BCUT2D eigenvalue weighted by molar-refractivity contribution is 5.80. The van der Waals surface area contributed by atoms with Crippen LogP contribution < -0.4 is 4.74 Å². The lowest BCUT2D eigenvalue weighted by Crippen LogP contribution is -2.52. The molecule has 2 amide bonds. The van der Waals surface area contributed by atoms with E-state index in [9.17, 15) is 14.7 Å². The van der Waals surface area contributed by atoms with Crippen molar-refractivity contribution in [1.82, 2.24) is 9.80 Å². The normalized spacial score (nSPS) is 14.3. The van der Waals surface area contributed by atoms with E-state index >= 15 is 0 Å². The van der Waals surface area contributed by atoms with Gasteiger partial charge in [-0.2, -0.15) is 0 Å². The number of nitrogens with zero attached hydrogens (tertiary/aromatic N) is 2. The number of hydrogen-bond acceptors (Lipinski definition) is 5. The van der Waals surface area contributed by atoms with E-state index in [2.05, 4.69) is 0 Å². The van der Waals surface area contributed by atoms with Gasteiger partial charge in [0.15, 0.2) is 0 Å². The van der Waals surface area contributed by atoms with E-state index in [4.69, 9.17) is 9.47 Å². The fourth-order valence-electron chi connectivity index (χ4n) is 3.32. The van der Waals surface area contributed by atoms with E-state index in [-0.39, 0.29) is 24.2 Å². The highest BCUT2D eigenvalue weighted by atomic mass is 16.6. The molecule has 1 heterocycles. The Hall–Kier alpha value is -3.22. The van der Waals surface area contributed by atoms with Crippen LogP contribution >= 0.6 is 0 Å². The summed E-state index contributed by atoms with van der Waals surface area (Å²) >= 11 is 0. The zero-order chi connectivity index (χ0) is 22.4. The molecule has 1 N–H and O–H groups in total. The van der Waals surface area contributed by atoms with Gasteiger partial charge in [-0.25, -0.2) is 4.79 Å². The molecule has 7 nitrogen and oxygen atoms in total. The van der Waals surface area contributed by atoms with Crippen molar-refractivity contribution >= 4 is 12.0 Å². The number of benzene rings is 2. The Kier molecular flexibility index (Phi) is 7.05. The van der Waals surface area contributed by atoms with Crippen LogP contribution in [-0.2, 0) is 22.6 Å². The first-order valence-electron chi connectivity index (χ1n) is 10.5. The minimum Gasteiger partial charge on any atom is -0.508 e. The molecule has 0 aliphatic carbocycles. The smallest absolute Gasteiger partial charge is 0.410 e. The van der Waals surface area contributed by atoms with Gasteiger partial charge in [-0.05, 0) is 44.5 Å². The molecule has 0 radical (unpaired) electrons. The van der Waals surface area contributed by atoms with Crippen molar-refractivity contribution in [2.75, 3.05) is 26.2 Å². The van der Waals surface area contributed by atoms with Crippen molar-refractivity contribution in [1.29, 1.82) is 0 Å². The van der Waals surface area contributed by atoms with Gasteiger partial charge < -0.3 is 24.4 Å². The van der Waals surface area contributed by atoms with E-state index in [1.54, 1.807) is 28.0 Å². The van der Waals surface area contributed by atoms with Crippen molar-refractivity contribution in [3.05, 3.63) is 59.7 Å². The predicted octanol–water partition coefficient (Wildman–Crippen LogP) is 3.59. The first-order chi connectivity index (χ1) is 14.7. The van der Waals surface area contributed by atoms with Gasteiger partial charge in [0.2, 0.25) is 5.91 Å². The number of ether oxygens (including phenoxy) is 2. The second-order valence-electron chi connectivity index (χ2n) is 8.59. The molecule has 0 atom stereocenters. The zero-order valence-electron chi connectivity index (χ0n) is 18.3. The number of amides is 2. The molecule has 2 aromatic carbocycles. The SMILES string of the molecule is CC(C)(C)OC(=O)N1CCN(C(=O)Cc2cc(O)ccc2OCc2ccccc2)CC1. The Morgan fingerprint density at radius 2 is 1.61 bits per heavy atom. The molecule has 1 aliphatic heterocycles. The van der Waals surface area contributed by atoms with Crippen LogP contribution in [0.2, 0.25) is 0 Å². The Labute approximate surface area is 183 Å². The zero-order valence-corrected chi connectivity index (χ0v) is 18.3. The van der Waals surface area contributed by atoms with Gasteiger partial charge in [0.1, 0.15) is 23.7 Å². The summed E-state index contributed by atoms with van der Waals surface area (Å²) in [5, 5.41) is 9.90. The van der Waals surface area contributed by atoms with Crippen LogP contribution in [0.15, 0.2) is 48.5 Å². The summed E-state index contributed by atoms with van der Waals surface area (Å²) in [6.45, 7) is 7.61. The van der Waals surface area contributed by atoms with Crippen LogP contribution in [0, 0.1) is 0 Å². The summed E-state index contributed by atoms with van der Waals surface area (Å²) in [5.41, 5.74) is 1.11. The standard InChI is InChI=1S/C24H30N2O5/c1-24(2,3)31-23(29)26-13-11-25(12-14-26)22(28)16-19-15-20(27)9-10-21(19)30-17-18-7-5-4-6-8-18/h4-10,15,27H,11-14,16-17H2,1-3H3. The predicted molar refractivity (Wildman–Crippen MR) is 117 cm³/mol. The van der Waals surface area contributed by atoms with Crippen LogP contribution in [-0.4, -0.2) is 58.7 Å². The van der Waals surface area contributed by atoms with Crippen molar-refractivity contribution in [2.45, 2.75) is 39.4 Å². The number of piperazine rings is 1. The second kappa shape index (κ2) is 9.73. The lowest BCUT2D eigenvalue weighted by molar-refractivity contribution is -0.132. The Bertz CT molecular complexity index is 900. The van der Waals surface area contributed by atoms with Gasteiger partial charge in [0.05, 0.1) is 6.42 Å². The van der Waals surface area contributed by atoms with Gasteiger partial charge in [-0.3, -0.25) is 4.79 Å². The maximum atomic E-state index is 12.9. The number of phenolic OH excluding ortho intramolecular Hbond substituents is 1. The van der Waals surface area contributed by atoms with Crippen molar-refractivity contribution in [3.8, 4) is 11.5 Å². The van der Waals surface area contributed by atoms with Crippen molar-refractivity contribution in [3.63, 3.8) is 0 Å². The van der Waals surface area contributed by atoms with E-state index in [0.717, 1.165) is 5.56 Å². The minimum absolute atomic E-state index is 0.0704. The molecule has 0 aromatic heterocycles. The lowest BCUT2D eigenvalue weighted by atomic mass is 10.1. The molecule has 0 unspecified atom stereocenters. The third kappa shape index (κ3) is 6.64. The molecule has 0 saturated carbocycles. The second-order valence-corrected chi connectivity index (χ2v) is 8.59. The number of aromatic hydroxyl groups is 1. The molecule has 1 fully saturated rings. The van der Waals surface area contributed by atoms with Crippen LogP contribution in [0.1, 0.15) is 31.9 Å². The van der Waals surface area contributed by atoms with Crippen LogP contribution in [0.5, 0.6) is 11.5 Å². The number of rotatable bonds is 5. The van der Waals surface area contributed by atoms with E-state index in [1.165, 1.54) is 0 Å². The Morgan fingerprint density at radius 3 is 2.26 bits per heavy atom. The first-order valence-corrected chi connectivity index (χ1v) is 10.5. The van der Waals surface area contributed by atoms with Gasteiger partial charge in [-0.15, -0.1) is 0 Å². The minimum atomic E-state index is -0.546. The monoisotopic (exact) mass is 426 g/mol. The quantitative estimate of drug-likeness (QED) is 0.790. The van der Waals surface area contributed by atoms with Gasteiger partial charge in [0, 0.05) is 31.7 Å². The summed E-state index contributed by atoms with van der Waals surface area (Å²) < 4.78 is 11.3. The van der Waals surface area contributed by atoms with Crippen LogP contribution in [0.4, 0.5) is 4.79 Å². The molecule has 2 aromatic rings. The fourth-order valence-corrected chi connectivity index (χ4v) is 3.32. The lowest BCUT2D eigenvalue weighted by Gasteiger charge is -2.35. The van der Waals surface area contributed by atoms with E-state index in [0.29, 0.717) is 44.1 Å². The summed E-state index contributed by atoms with van der Waals surface area (Å²) in [6, 6.07) is 14.6. The molecule has 31 heavy (non-hydrogen) atoms. The molecule has 166 valence electrons. The molecular formula is C24H30N2O5. The largest absolute Gasteiger partial charge is 0.508 e. The summed E-state index contributed by atoms with van der Waals surface area (Å²) in [7, 11) is 0. The molecule has 0 bridgehead atoms. The van der Waals surface area contributed by atoms with Gasteiger partial charge in [-0.1, -0.05) is 30.3 Å². The number of hydrogen-bond donors (Lipinski definition) is 1. The number of phenols is 1. The van der Waals surface area contributed by atoms with Gasteiger partial charge >= 0.3 is 6.09 Å². The highest BCUT2D eigenvalue weighted by Gasteiger charge is 2.28. The first kappa shape index (κ1) is 22.5. The topological polar surface area (TPSA) is 79.3 Å². The molecule has 1 saturated heterocycles. The molecule has 7 heteroatoms. The number of carbonyl (C=O) groups is 2. The fraction of sp³-hybridized carbons (Fsp3) is 0.417. The van der Waals surface area contributed by atoms with E-state index < -0.39 is 5.60 Å². The third-order valence-electron chi connectivity index (χ3n) is 4.91. The highest BCUT2D eigenvalue weighted by Crippen LogP contribution is 2.26. The molecule has 1 aliphatic rings. The summed E-state index contributed by atoms with van der Waals surface area (Å²) in [4.78, 5) is 28.4.